The lowest BCUT2D eigenvalue weighted by atomic mass is 9.45. The second kappa shape index (κ2) is 4.68. The Labute approximate surface area is 133 Å². The normalized spacial score (nSPS) is 59.8. The summed E-state index contributed by atoms with van der Waals surface area (Å²) >= 11 is 0. The molecule has 4 aliphatic carbocycles. The molecule has 3 nitrogen and oxygen atoms in total. The molecule has 0 aromatic carbocycles. The summed E-state index contributed by atoms with van der Waals surface area (Å²) in [6.07, 6.45) is 12.0. The molecule has 0 aromatic heterocycles. The lowest BCUT2D eigenvalue weighted by Crippen LogP contribution is -2.58. The van der Waals surface area contributed by atoms with Gasteiger partial charge in [0.15, 0.2) is 0 Å². The van der Waals surface area contributed by atoms with Gasteiger partial charge in [0, 0.05) is 11.5 Å². The topological polar surface area (TPSA) is 66.5 Å². The first-order valence-electron chi connectivity index (χ1n) is 8.85. The van der Waals surface area contributed by atoms with E-state index in [1.807, 2.05) is 6.08 Å². The number of nitrogens with two attached hydrogens (primary N) is 1. The quantitative estimate of drug-likeness (QED) is 0.601. The zero-order valence-electron chi connectivity index (χ0n) is 13.7. The molecule has 0 saturated heterocycles. The Morgan fingerprint density at radius 3 is 2.64 bits per heavy atom. The van der Waals surface area contributed by atoms with E-state index in [4.69, 9.17) is 5.73 Å². The van der Waals surface area contributed by atoms with Crippen molar-refractivity contribution in [3.8, 4) is 0 Å². The predicted octanol–water partition coefficient (Wildman–Crippen LogP) is 2.24. The van der Waals surface area contributed by atoms with Crippen LogP contribution in [0.15, 0.2) is 24.3 Å². The molecule has 0 aromatic rings. The fourth-order valence-corrected chi connectivity index (χ4v) is 6.24. The van der Waals surface area contributed by atoms with E-state index in [0.29, 0.717) is 17.8 Å². The molecule has 0 aliphatic heterocycles. The minimum absolute atomic E-state index is 0.0832. The van der Waals surface area contributed by atoms with Crippen molar-refractivity contribution in [2.24, 2.45) is 40.2 Å². The van der Waals surface area contributed by atoms with Crippen molar-refractivity contribution in [1.29, 1.82) is 0 Å². The van der Waals surface area contributed by atoms with Crippen LogP contribution in [0.1, 0.15) is 39.5 Å². The van der Waals surface area contributed by atoms with Gasteiger partial charge in [0.05, 0.1) is 12.2 Å². The summed E-state index contributed by atoms with van der Waals surface area (Å²) in [6, 6.07) is 0.142. The molecule has 0 heterocycles. The number of fused-ring (bicyclic) bond motifs is 5. The van der Waals surface area contributed by atoms with E-state index in [1.54, 1.807) is 0 Å². The monoisotopic (exact) mass is 303 g/mol. The molecule has 4 N–H and O–H groups in total. The van der Waals surface area contributed by atoms with E-state index in [-0.39, 0.29) is 35.0 Å². The summed E-state index contributed by atoms with van der Waals surface area (Å²) in [4.78, 5) is 0. The van der Waals surface area contributed by atoms with Gasteiger partial charge < -0.3 is 15.9 Å². The van der Waals surface area contributed by atoms with Gasteiger partial charge in [0.2, 0.25) is 0 Å². The zero-order chi connectivity index (χ0) is 15.7. The Hall–Kier alpha value is -0.640. The van der Waals surface area contributed by atoms with Crippen molar-refractivity contribution in [3.05, 3.63) is 24.3 Å². The third-order valence-electron chi connectivity index (χ3n) is 7.72. The molecule has 4 rings (SSSR count). The van der Waals surface area contributed by atoms with Gasteiger partial charge in [-0.05, 0) is 54.8 Å². The summed E-state index contributed by atoms with van der Waals surface area (Å²) < 4.78 is 0. The summed E-state index contributed by atoms with van der Waals surface area (Å²) in [5, 5.41) is 21.3. The maximum atomic E-state index is 10.9. The fraction of sp³-hybridized carbons (Fsp3) is 0.789. The van der Waals surface area contributed by atoms with Crippen LogP contribution < -0.4 is 5.73 Å². The van der Waals surface area contributed by atoms with Crippen LogP contribution in [0, 0.1) is 34.5 Å². The van der Waals surface area contributed by atoms with Gasteiger partial charge in [-0.2, -0.15) is 0 Å². The summed E-state index contributed by atoms with van der Waals surface area (Å²) in [5.41, 5.74) is 6.20. The fourth-order valence-electron chi connectivity index (χ4n) is 6.24. The van der Waals surface area contributed by atoms with E-state index < -0.39 is 0 Å². The zero-order valence-corrected chi connectivity index (χ0v) is 13.7. The molecule has 0 unspecified atom stereocenters. The Bertz CT molecular complexity index is 530. The first kappa shape index (κ1) is 14.9. The van der Waals surface area contributed by atoms with Crippen LogP contribution in [-0.4, -0.2) is 28.5 Å². The van der Waals surface area contributed by atoms with Crippen molar-refractivity contribution in [3.63, 3.8) is 0 Å². The third kappa shape index (κ3) is 1.79. The molecule has 3 heteroatoms. The molecular weight excluding hydrogens is 274 g/mol. The van der Waals surface area contributed by atoms with Crippen molar-refractivity contribution in [1.82, 2.24) is 0 Å². The highest BCUT2D eigenvalue weighted by Gasteiger charge is 2.60. The maximum absolute atomic E-state index is 10.9. The standard InChI is InChI=1S/C19H29NO2/c1-18-7-5-12(20)9-11(18)10-15(21)17-13-3-4-16(22)19(13,2)8-6-14(17)18/h3-5,7,11-17,21-22H,6,8-10,20H2,1-2H3/t11-,12-,13-,14-,15-,16-,17-,18-,19-/m0/s1. The molecule has 2 fully saturated rings. The first-order chi connectivity index (χ1) is 10.4. The number of allylic oxidation sites excluding steroid dienone is 2. The van der Waals surface area contributed by atoms with E-state index in [0.717, 1.165) is 25.7 Å². The van der Waals surface area contributed by atoms with E-state index >= 15 is 0 Å². The molecule has 22 heavy (non-hydrogen) atoms. The molecule has 4 aliphatic rings. The van der Waals surface area contributed by atoms with E-state index in [1.165, 1.54) is 0 Å². The highest BCUT2D eigenvalue weighted by atomic mass is 16.3. The molecule has 0 radical (unpaired) electrons. The van der Waals surface area contributed by atoms with Crippen LogP contribution >= 0.6 is 0 Å². The average Bonchev–Trinajstić information content (AvgIpc) is 2.77. The van der Waals surface area contributed by atoms with Crippen molar-refractivity contribution in [2.45, 2.75) is 57.8 Å². The van der Waals surface area contributed by atoms with Gasteiger partial charge in [0.25, 0.3) is 0 Å². The van der Waals surface area contributed by atoms with Gasteiger partial charge in [0.1, 0.15) is 0 Å². The molecule has 122 valence electrons. The summed E-state index contributed by atoms with van der Waals surface area (Å²) in [6.45, 7) is 4.58. The Balaban J connectivity index is 1.73. The van der Waals surface area contributed by atoms with Gasteiger partial charge in [-0.25, -0.2) is 0 Å². The maximum Gasteiger partial charge on any atom is 0.0780 e. The average molecular weight is 303 g/mol. The van der Waals surface area contributed by atoms with Crippen LogP contribution in [0.2, 0.25) is 0 Å². The summed E-state index contributed by atoms with van der Waals surface area (Å²) in [7, 11) is 0. The molecule has 2 saturated carbocycles. The van der Waals surface area contributed by atoms with Crippen LogP contribution in [-0.2, 0) is 0 Å². The van der Waals surface area contributed by atoms with Crippen LogP contribution in [0.25, 0.3) is 0 Å². The Morgan fingerprint density at radius 1 is 1.09 bits per heavy atom. The highest BCUT2D eigenvalue weighted by molar-refractivity contribution is 5.24. The first-order valence-corrected chi connectivity index (χ1v) is 8.85. The number of aliphatic hydroxyl groups excluding tert-OH is 2. The van der Waals surface area contributed by atoms with Crippen molar-refractivity contribution >= 4 is 0 Å². The number of aliphatic hydroxyl groups is 2. The number of hydrogen-bond acceptors (Lipinski definition) is 3. The van der Waals surface area contributed by atoms with E-state index in [2.05, 4.69) is 32.1 Å². The van der Waals surface area contributed by atoms with E-state index in [9.17, 15) is 10.2 Å². The second-order valence-electron chi connectivity index (χ2n) is 8.71. The highest BCUT2D eigenvalue weighted by Crippen LogP contribution is 2.63. The largest absolute Gasteiger partial charge is 0.393 e. The van der Waals surface area contributed by atoms with Crippen molar-refractivity contribution < 1.29 is 10.2 Å². The molecule has 0 spiro atoms. The summed E-state index contributed by atoms with van der Waals surface area (Å²) in [5.74, 6) is 1.56. The molecular formula is C19H29NO2. The van der Waals surface area contributed by atoms with Gasteiger partial charge >= 0.3 is 0 Å². The Morgan fingerprint density at radius 2 is 1.86 bits per heavy atom. The molecule has 0 bridgehead atoms. The Kier molecular flexibility index (Phi) is 3.18. The minimum atomic E-state index is -0.355. The molecule has 0 amide bonds. The van der Waals surface area contributed by atoms with Crippen LogP contribution in [0.4, 0.5) is 0 Å². The van der Waals surface area contributed by atoms with Gasteiger partial charge in [-0.1, -0.05) is 38.2 Å². The minimum Gasteiger partial charge on any atom is -0.393 e. The second-order valence-corrected chi connectivity index (χ2v) is 8.71. The third-order valence-corrected chi connectivity index (χ3v) is 7.72. The lowest BCUT2D eigenvalue weighted by molar-refractivity contribution is -0.140. The van der Waals surface area contributed by atoms with Crippen molar-refractivity contribution in [2.75, 3.05) is 0 Å². The predicted molar refractivity (Wildman–Crippen MR) is 86.9 cm³/mol. The van der Waals surface area contributed by atoms with Crippen LogP contribution in [0.5, 0.6) is 0 Å². The lowest BCUT2D eigenvalue weighted by Gasteiger charge is -2.60. The number of hydrogen-bond donors (Lipinski definition) is 3. The molecule has 9 atom stereocenters. The van der Waals surface area contributed by atoms with Gasteiger partial charge in [-0.3, -0.25) is 0 Å². The van der Waals surface area contributed by atoms with Gasteiger partial charge in [-0.15, -0.1) is 0 Å². The smallest absolute Gasteiger partial charge is 0.0780 e. The van der Waals surface area contributed by atoms with Crippen LogP contribution in [0.3, 0.4) is 0 Å². The number of rotatable bonds is 0. The SMILES string of the molecule is C[C@]12C=C[C@H](N)C[C@H]1C[C@H](O)[C@@H]1[C@@H]2CC[C@]2(C)[C@@H](O)C=C[C@@H]12.